The number of benzene rings is 1. The molecule has 1 unspecified atom stereocenters. The van der Waals surface area contributed by atoms with E-state index in [1.165, 1.54) is 0 Å². The number of hydrogen-bond acceptors (Lipinski definition) is 5. The first-order valence-electron chi connectivity index (χ1n) is 8.25. The summed E-state index contributed by atoms with van der Waals surface area (Å²) in [6.07, 6.45) is 1.92. The minimum absolute atomic E-state index is 0.202. The molecule has 1 aromatic heterocycles. The molecule has 24 heavy (non-hydrogen) atoms. The van der Waals surface area contributed by atoms with Gasteiger partial charge in [0, 0.05) is 29.8 Å². The summed E-state index contributed by atoms with van der Waals surface area (Å²) in [4.78, 5) is 14.8. The molecule has 0 saturated carbocycles. The predicted octanol–water partition coefficient (Wildman–Crippen LogP) is 3.15. The Hall–Kier alpha value is -1.47. The average molecular weight is 349 g/mol. The lowest BCUT2D eigenvalue weighted by Crippen LogP contribution is -2.42. The number of nitrogens with zero attached hydrogens (tertiary/aromatic N) is 1. The minimum Gasteiger partial charge on any atom is -0.480 e. The Bertz CT molecular complexity index is 645. The Morgan fingerprint density at radius 3 is 2.75 bits per heavy atom. The topological polar surface area (TPSA) is 59.0 Å². The third-order valence-electron chi connectivity index (χ3n) is 4.43. The maximum Gasteiger partial charge on any atom is 0.326 e. The lowest BCUT2D eigenvalue weighted by Gasteiger charge is -2.35. The number of aliphatic carboxylic acids is 1. The highest BCUT2D eigenvalue weighted by Crippen LogP contribution is 2.34. The zero-order valence-corrected chi connectivity index (χ0v) is 14.6. The molecule has 0 spiro atoms. The van der Waals surface area contributed by atoms with Crippen molar-refractivity contribution in [2.45, 2.75) is 25.0 Å². The summed E-state index contributed by atoms with van der Waals surface area (Å²) in [7, 11) is 1.66. The molecule has 2 aromatic rings. The summed E-state index contributed by atoms with van der Waals surface area (Å²) >= 11 is 1.57. The van der Waals surface area contributed by atoms with Crippen LogP contribution in [-0.4, -0.2) is 55.5 Å². The van der Waals surface area contributed by atoms with Crippen LogP contribution in [0.15, 0.2) is 30.3 Å². The van der Waals surface area contributed by atoms with E-state index < -0.39 is 12.0 Å². The summed E-state index contributed by atoms with van der Waals surface area (Å²) in [5.41, 5.74) is 0. The SMILES string of the molecule is COCCOC1CCN(C(C(=O)O)c2cc3ccccc3s2)CC1. The number of carboxylic acids is 1. The zero-order chi connectivity index (χ0) is 16.9. The van der Waals surface area contributed by atoms with Crippen molar-refractivity contribution >= 4 is 27.4 Å². The average Bonchev–Trinajstić information content (AvgIpc) is 2.99. The van der Waals surface area contributed by atoms with Gasteiger partial charge in [-0.25, -0.2) is 0 Å². The van der Waals surface area contributed by atoms with Gasteiger partial charge in [-0.2, -0.15) is 0 Å². The molecule has 2 heterocycles. The van der Waals surface area contributed by atoms with Gasteiger partial charge in [0.1, 0.15) is 6.04 Å². The minimum atomic E-state index is -0.777. The van der Waals surface area contributed by atoms with Gasteiger partial charge in [0.15, 0.2) is 0 Å². The third kappa shape index (κ3) is 3.95. The number of rotatable bonds is 7. The van der Waals surface area contributed by atoms with Gasteiger partial charge in [0.05, 0.1) is 19.3 Å². The van der Waals surface area contributed by atoms with Crippen LogP contribution >= 0.6 is 11.3 Å². The summed E-state index contributed by atoms with van der Waals surface area (Å²) < 4.78 is 11.9. The number of likely N-dealkylation sites (tertiary alicyclic amines) is 1. The fourth-order valence-electron chi connectivity index (χ4n) is 3.19. The van der Waals surface area contributed by atoms with E-state index >= 15 is 0 Å². The van der Waals surface area contributed by atoms with Crippen molar-refractivity contribution in [3.8, 4) is 0 Å². The second-order valence-electron chi connectivity index (χ2n) is 6.03. The molecular weight excluding hydrogens is 326 g/mol. The van der Waals surface area contributed by atoms with E-state index in [1.54, 1.807) is 18.4 Å². The monoisotopic (exact) mass is 349 g/mol. The summed E-state index contributed by atoms with van der Waals surface area (Å²) in [6.45, 7) is 2.67. The zero-order valence-electron chi connectivity index (χ0n) is 13.8. The van der Waals surface area contributed by atoms with Gasteiger partial charge >= 0.3 is 5.97 Å². The van der Waals surface area contributed by atoms with Crippen molar-refractivity contribution in [1.29, 1.82) is 0 Å². The quantitative estimate of drug-likeness (QED) is 0.778. The highest BCUT2D eigenvalue weighted by atomic mass is 32.1. The van der Waals surface area contributed by atoms with Gasteiger partial charge < -0.3 is 14.6 Å². The Kier molecular flexibility index (Phi) is 5.84. The van der Waals surface area contributed by atoms with Gasteiger partial charge in [-0.05, 0) is 30.4 Å². The Morgan fingerprint density at radius 2 is 2.08 bits per heavy atom. The molecule has 1 aromatic carbocycles. The molecule has 0 bridgehead atoms. The van der Waals surface area contributed by atoms with Crippen LogP contribution in [0.3, 0.4) is 0 Å². The van der Waals surface area contributed by atoms with E-state index in [2.05, 4.69) is 4.90 Å². The number of methoxy groups -OCH3 is 1. The van der Waals surface area contributed by atoms with Crippen LogP contribution < -0.4 is 0 Å². The van der Waals surface area contributed by atoms with Crippen LogP contribution in [-0.2, 0) is 14.3 Å². The smallest absolute Gasteiger partial charge is 0.326 e. The number of piperidine rings is 1. The standard InChI is InChI=1S/C18H23NO4S/c1-22-10-11-23-14-6-8-19(9-7-14)17(18(20)21)16-12-13-4-2-3-5-15(13)24-16/h2-5,12,14,17H,6-11H2,1H3,(H,20,21). The molecule has 1 fully saturated rings. The molecule has 0 radical (unpaired) electrons. The van der Waals surface area contributed by atoms with Crippen LogP contribution in [0.2, 0.25) is 0 Å². The predicted molar refractivity (Wildman–Crippen MR) is 94.6 cm³/mol. The van der Waals surface area contributed by atoms with E-state index in [9.17, 15) is 9.90 Å². The van der Waals surface area contributed by atoms with E-state index in [0.717, 1.165) is 40.9 Å². The molecule has 1 N–H and O–H groups in total. The van der Waals surface area contributed by atoms with Gasteiger partial charge in [0.25, 0.3) is 0 Å². The maximum absolute atomic E-state index is 11.9. The van der Waals surface area contributed by atoms with Crippen molar-refractivity contribution in [2.24, 2.45) is 0 Å². The highest BCUT2D eigenvalue weighted by Gasteiger charge is 2.32. The number of carbonyl (C=O) groups is 1. The van der Waals surface area contributed by atoms with E-state index in [4.69, 9.17) is 9.47 Å². The van der Waals surface area contributed by atoms with Crippen LogP contribution in [0.1, 0.15) is 23.8 Å². The molecular formula is C18H23NO4S. The molecule has 0 amide bonds. The Labute approximate surface area is 145 Å². The molecule has 1 atom stereocenters. The van der Waals surface area contributed by atoms with Crippen molar-refractivity contribution in [1.82, 2.24) is 4.90 Å². The number of thiophene rings is 1. The molecule has 3 rings (SSSR count). The summed E-state index contributed by atoms with van der Waals surface area (Å²) in [5.74, 6) is -0.777. The van der Waals surface area contributed by atoms with Crippen LogP contribution in [0.5, 0.6) is 0 Å². The second kappa shape index (κ2) is 8.07. The lowest BCUT2D eigenvalue weighted by atomic mass is 10.0. The van der Waals surface area contributed by atoms with Gasteiger partial charge in [-0.1, -0.05) is 18.2 Å². The van der Waals surface area contributed by atoms with Crippen LogP contribution in [0.25, 0.3) is 10.1 Å². The second-order valence-corrected chi connectivity index (χ2v) is 7.14. The van der Waals surface area contributed by atoms with Crippen molar-refractivity contribution < 1.29 is 19.4 Å². The van der Waals surface area contributed by atoms with Gasteiger partial charge in [0.2, 0.25) is 0 Å². The normalized spacial score (nSPS) is 18.0. The number of ether oxygens (including phenoxy) is 2. The molecule has 130 valence electrons. The fraction of sp³-hybridized carbons (Fsp3) is 0.500. The first kappa shape index (κ1) is 17.4. The van der Waals surface area contributed by atoms with Crippen LogP contribution in [0, 0.1) is 0 Å². The summed E-state index contributed by atoms with van der Waals surface area (Å²) in [6, 6.07) is 9.49. The van der Waals surface area contributed by atoms with Crippen LogP contribution in [0.4, 0.5) is 0 Å². The molecule has 1 aliphatic rings. The Morgan fingerprint density at radius 1 is 1.33 bits per heavy atom. The molecule has 1 aliphatic heterocycles. The first-order chi connectivity index (χ1) is 11.7. The van der Waals surface area contributed by atoms with Crippen molar-refractivity contribution in [2.75, 3.05) is 33.4 Å². The Balaban J connectivity index is 1.67. The van der Waals surface area contributed by atoms with Gasteiger partial charge in [-0.15, -0.1) is 11.3 Å². The highest BCUT2D eigenvalue weighted by molar-refractivity contribution is 7.19. The van der Waals surface area contributed by atoms with E-state index in [1.807, 2.05) is 30.3 Å². The maximum atomic E-state index is 11.9. The number of fused-ring (bicyclic) bond motifs is 1. The van der Waals surface area contributed by atoms with Crippen molar-refractivity contribution in [3.05, 3.63) is 35.2 Å². The first-order valence-corrected chi connectivity index (χ1v) is 9.06. The number of carboxylic acid groups (broad SMARTS) is 1. The number of hydrogen-bond donors (Lipinski definition) is 1. The van der Waals surface area contributed by atoms with E-state index in [0.29, 0.717) is 13.2 Å². The molecule has 6 heteroatoms. The summed E-state index contributed by atoms with van der Waals surface area (Å²) in [5, 5.41) is 10.9. The fourth-order valence-corrected chi connectivity index (χ4v) is 4.39. The third-order valence-corrected chi connectivity index (χ3v) is 5.60. The molecule has 1 saturated heterocycles. The molecule has 0 aliphatic carbocycles. The van der Waals surface area contributed by atoms with E-state index in [-0.39, 0.29) is 6.10 Å². The van der Waals surface area contributed by atoms with Crippen molar-refractivity contribution in [3.63, 3.8) is 0 Å². The largest absolute Gasteiger partial charge is 0.480 e. The lowest BCUT2D eigenvalue weighted by molar-refractivity contribution is -0.144. The van der Waals surface area contributed by atoms with Gasteiger partial charge in [-0.3, -0.25) is 9.69 Å². The molecule has 5 nitrogen and oxygen atoms in total.